The van der Waals surface area contributed by atoms with Crippen LogP contribution in [-0.4, -0.2) is 74.9 Å². The highest BCUT2D eigenvalue weighted by molar-refractivity contribution is 7.47. The Bertz CT molecular complexity index is 1040. The van der Waals surface area contributed by atoms with Gasteiger partial charge in [0.1, 0.15) is 19.8 Å². The van der Waals surface area contributed by atoms with Crippen molar-refractivity contribution >= 4 is 19.8 Å². The first-order valence-electron chi connectivity index (χ1n) is 22.2. The lowest BCUT2D eigenvalue weighted by Crippen LogP contribution is -2.37. The molecule has 0 saturated heterocycles. The van der Waals surface area contributed by atoms with Gasteiger partial charge in [-0.25, -0.2) is 4.57 Å². The van der Waals surface area contributed by atoms with Gasteiger partial charge in [-0.2, -0.15) is 0 Å². The van der Waals surface area contributed by atoms with E-state index in [0.717, 1.165) is 70.6 Å². The number of quaternary nitrogens is 1. The molecule has 0 amide bonds. The highest BCUT2D eigenvalue weighted by Gasteiger charge is 2.27. The predicted molar refractivity (Wildman–Crippen MR) is 229 cm³/mol. The van der Waals surface area contributed by atoms with Gasteiger partial charge in [0, 0.05) is 12.8 Å². The topological polar surface area (TPSA) is 108 Å². The highest BCUT2D eigenvalue weighted by Crippen LogP contribution is 2.43. The quantitative estimate of drug-likeness (QED) is 0.0215. The van der Waals surface area contributed by atoms with Crippen LogP contribution in [-0.2, 0) is 32.7 Å². The van der Waals surface area contributed by atoms with Crippen LogP contribution in [0.4, 0.5) is 0 Å². The molecule has 10 heteroatoms. The molecule has 55 heavy (non-hydrogen) atoms. The lowest BCUT2D eigenvalue weighted by molar-refractivity contribution is -0.870. The van der Waals surface area contributed by atoms with E-state index in [4.69, 9.17) is 18.5 Å². The molecule has 9 nitrogen and oxygen atoms in total. The van der Waals surface area contributed by atoms with Gasteiger partial charge in [-0.05, 0) is 44.9 Å². The van der Waals surface area contributed by atoms with Crippen molar-refractivity contribution in [1.82, 2.24) is 0 Å². The van der Waals surface area contributed by atoms with E-state index in [0.29, 0.717) is 17.4 Å². The molecule has 322 valence electrons. The second kappa shape index (κ2) is 37.8. The number of phosphoric acid groups is 1. The Balaban J connectivity index is 4.36. The van der Waals surface area contributed by atoms with Crippen molar-refractivity contribution < 1.29 is 42.1 Å². The molecule has 0 aromatic rings. The van der Waals surface area contributed by atoms with Crippen LogP contribution in [0.15, 0.2) is 36.5 Å². The summed E-state index contributed by atoms with van der Waals surface area (Å²) < 4.78 is 34.3. The van der Waals surface area contributed by atoms with Crippen LogP contribution in [0, 0.1) is 0 Å². The largest absolute Gasteiger partial charge is 0.472 e. The van der Waals surface area contributed by atoms with Crippen molar-refractivity contribution in [1.29, 1.82) is 0 Å². The fourth-order valence-corrected chi connectivity index (χ4v) is 6.71. The Morgan fingerprint density at radius 1 is 0.582 bits per heavy atom. The summed E-state index contributed by atoms with van der Waals surface area (Å²) in [5, 5.41) is 0. The van der Waals surface area contributed by atoms with Crippen LogP contribution in [0.5, 0.6) is 0 Å². The number of unbranched alkanes of at least 4 members (excludes halogenated alkanes) is 20. The molecule has 1 N–H and O–H groups in total. The number of allylic oxidation sites excluding steroid dienone is 6. The molecule has 0 aliphatic heterocycles. The zero-order chi connectivity index (χ0) is 40.7. The minimum Gasteiger partial charge on any atom is -0.462 e. The SMILES string of the molecule is CC/C=C\C/C=C\C/C=C\CCCCCCCC(=O)OC[C@H](COP(=O)(O)OCC[N+](C)(C)C)OC(=O)CCCCCCCCCCCCCCCCCC. The summed E-state index contributed by atoms with van der Waals surface area (Å²) in [7, 11) is 1.47. The molecule has 0 saturated carbocycles. The summed E-state index contributed by atoms with van der Waals surface area (Å²) in [6.07, 6.45) is 41.9. The van der Waals surface area contributed by atoms with Crippen molar-refractivity contribution in [2.24, 2.45) is 0 Å². The van der Waals surface area contributed by atoms with Crippen LogP contribution in [0.3, 0.4) is 0 Å². The van der Waals surface area contributed by atoms with E-state index in [1.165, 1.54) is 83.5 Å². The van der Waals surface area contributed by atoms with Gasteiger partial charge in [0.05, 0.1) is 27.7 Å². The van der Waals surface area contributed by atoms with E-state index < -0.39 is 26.5 Å². The maximum atomic E-state index is 12.7. The fourth-order valence-electron chi connectivity index (χ4n) is 5.97. The number of phosphoric ester groups is 1. The average molecular weight is 799 g/mol. The number of nitrogens with zero attached hydrogens (tertiary/aromatic N) is 1. The third-order valence-electron chi connectivity index (χ3n) is 9.43. The molecule has 0 heterocycles. The smallest absolute Gasteiger partial charge is 0.462 e. The van der Waals surface area contributed by atoms with Crippen LogP contribution in [0.1, 0.15) is 187 Å². The van der Waals surface area contributed by atoms with Crippen LogP contribution >= 0.6 is 7.82 Å². The van der Waals surface area contributed by atoms with Crippen molar-refractivity contribution in [3.8, 4) is 0 Å². The first-order chi connectivity index (χ1) is 26.5. The zero-order valence-electron chi connectivity index (χ0n) is 36.2. The molecule has 2 atom stereocenters. The normalized spacial score (nSPS) is 13.9. The number of hydrogen-bond acceptors (Lipinski definition) is 7. The summed E-state index contributed by atoms with van der Waals surface area (Å²) in [6, 6.07) is 0. The number of ether oxygens (including phenoxy) is 2. The summed E-state index contributed by atoms with van der Waals surface area (Å²) in [5.41, 5.74) is 0. The lowest BCUT2D eigenvalue weighted by Gasteiger charge is -2.24. The maximum absolute atomic E-state index is 12.7. The fraction of sp³-hybridized carbons (Fsp3) is 0.822. The van der Waals surface area contributed by atoms with Gasteiger partial charge in [0.25, 0.3) is 0 Å². The highest BCUT2D eigenvalue weighted by atomic mass is 31.2. The van der Waals surface area contributed by atoms with E-state index >= 15 is 0 Å². The summed E-state index contributed by atoms with van der Waals surface area (Å²) >= 11 is 0. The van der Waals surface area contributed by atoms with Crippen molar-refractivity contribution in [2.75, 3.05) is 47.5 Å². The number of esters is 2. The summed E-state index contributed by atoms with van der Waals surface area (Å²) in [5.74, 6) is -0.814. The van der Waals surface area contributed by atoms with E-state index in [1.54, 1.807) is 0 Å². The standard InChI is InChI=1S/C45H84NO8P/c1-6-8-10-12-14-16-18-20-22-24-26-28-30-32-34-36-38-45(48)54-43(42-53-55(49,50)52-40-39-46(3,4)5)41-51-44(47)37-35-33-31-29-27-25-23-21-19-17-15-13-11-9-7-2/h9,11,15,17,21,23,43H,6-8,10,12-14,16,18-20,22,24-42H2,1-5H3/p+1/b11-9-,17-15-,23-21-/t43-/m1/s1. The molecule has 0 radical (unpaired) electrons. The molecule has 1 unspecified atom stereocenters. The lowest BCUT2D eigenvalue weighted by atomic mass is 10.0. The predicted octanol–water partition coefficient (Wildman–Crippen LogP) is 12.5. The molecular formula is C45H85NO8P+. The number of carbonyl (C=O) groups excluding carboxylic acids is 2. The summed E-state index contributed by atoms with van der Waals surface area (Å²) in [4.78, 5) is 35.4. The Morgan fingerprint density at radius 2 is 1.04 bits per heavy atom. The van der Waals surface area contributed by atoms with E-state index in [9.17, 15) is 19.0 Å². The van der Waals surface area contributed by atoms with Gasteiger partial charge in [-0.1, -0.05) is 166 Å². The Hall–Kier alpha value is -1.77. The number of carbonyl (C=O) groups is 2. The molecule has 0 rings (SSSR count). The van der Waals surface area contributed by atoms with Crippen LogP contribution in [0.25, 0.3) is 0 Å². The van der Waals surface area contributed by atoms with Gasteiger partial charge >= 0.3 is 19.8 Å². The second-order valence-corrected chi connectivity index (χ2v) is 17.5. The first kappa shape index (κ1) is 53.2. The molecule has 0 aliphatic rings. The molecule has 0 spiro atoms. The van der Waals surface area contributed by atoms with E-state index in [2.05, 4.69) is 50.3 Å². The average Bonchev–Trinajstić information content (AvgIpc) is 3.13. The Labute approximate surface area is 338 Å². The maximum Gasteiger partial charge on any atom is 0.472 e. The van der Waals surface area contributed by atoms with Crippen LogP contribution in [0.2, 0.25) is 0 Å². The van der Waals surface area contributed by atoms with E-state index in [-0.39, 0.29) is 32.0 Å². The third kappa shape index (κ3) is 41.7. The van der Waals surface area contributed by atoms with Crippen LogP contribution < -0.4 is 0 Å². The molecule has 0 aromatic heterocycles. The molecule has 0 aromatic carbocycles. The van der Waals surface area contributed by atoms with Gasteiger partial charge in [0.2, 0.25) is 0 Å². The Morgan fingerprint density at radius 3 is 1.55 bits per heavy atom. The van der Waals surface area contributed by atoms with Crippen molar-refractivity contribution in [3.63, 3.8) is 0 Å². The molecular weight excluding hydrogens is 713 g/mol. The Kier molecular flexibility index (Phi) is 36.6. The third-order valence-corrected chi connectivity index (χ3v) is 10.4. The number of rotatable bonds is 40. The van der Waals surface area contributed by atoms with Crippen molar-refractivity contribution in [2.45, 2.75) is 193 Å². The molecule has 0 bridgehead atoms. The number of likely N-dealkylation sites (N-methyl/N-ethyl adjacent to an activating group) is 1. The monoisotopic (exact) mass is 799 g/mol. The number of hydrogen-bond donors (Lipinski definition) is 1. The van der Waals surface area contributed by atoms with Crippen molar-refractivity contribution in [3.05, 3.63) is 36.5 Å². The van der Waals surface area contributed by atoms with Gasteiger partial charge in [0.15, 0.2) is 6.10 Å². The zero-order valence-corrected chi connectivity index (χ0v) is 37.1. The molecule has 0 fully saturated rings. The van der Waals surface area contributed by atoms with E-state index in [1.807, 2.05) is 21.1 Å². The first-order valence-corrected chi connectivity index (χ1v) is 23.7. The minimum absolute atomic E-state index is 0.0295. The van der Waals surface area contributed by atoms with Gasteiger partial charge in [-0.3, -0.25) is 18.6 Å². The summed E-state index contributed by atoms with van der Waals surface area (Å²) in [6.45, 7) is 4.30. The second-order valence-electron chi connectivity index (χ2n) is 16.1. The molecule has 0 aliphatic carbocycles. The van der Waals surface area contributed by atoms with Gasteiger partial charge < -0.3 is 18.9 Å². The minimum atomic E-state index is -4.38. The van der Waals surface area contributed by atoms with Gasteiger partial charge in [-0.15, -0.1) is 0 Å².